The summed E-state index contributed by atoms with van der Waals surface area (Å²) in [7, 11) is 6.36. The van der Waals surface area contributed by atoms with Crippen molar-refractivity contribution in [3.8, 4) is 11.8 Å². The highest BCUT2D eigenvalue weighted by molar-refractivity contribution is 6.29. The number of nitrogens with zero attached hydrogens (tertiary/aromatic N) is 6. The summed E-state index contributed by atoms with van der Waals surface area (Å²) in [6, 6.07) is 7.57. The number of nitrogens with two attached hydrogens (primary N) is 2. The number of aromatic nitrogens is 4. The number of piperidine rings is 3. The fraction of sp³-hybridized carbons (Fsp3) is 0.574. The van der Waals surface area contributed by atoms with Crippen LogP contribution in [-0.4, -0.2) is 179 Å². The van der Waals surface area contributed by atoms with Gasteiger partial charge in [0.1, 0.15) is 34.2 Å². The van der Waals surface area contributed by atoms with Gasteiger partial charge in [0.05, 0.1) is 123 Å². The molecule has 1 amide bonds. The van der Waals surface area contributed by atoms with Crippen molar-refractivity contribution in [1.29, 1.82) is 0 Å². The van der Waals surface area contributed by atoms with Gasteiger partial charge in [-0.15, -0.1) is 17.5 Å². The van der Waals surface area contributed by atoms with Gasteiger partial charge in [-0.25, -0.2) is 32.8 Å². The molecule has 7 heterocycles. The van der Waals surface area contributed by atoms with Crippen LogP contribution in [0, 0.1) is 132 Å². The number of anilines is 6. The Morgan fingerprint density at radius 3 is 0.959 bits per heavy atom. The van der Waals surface area contributed by atoms with Gasteiger partial charge in [-0.1, -0.05) is 47.5 Å². The summed E-state index contributed by atoms with van der Waals surface area (Å²) in [6.45, 7) is 63.4. The molecule has 0 spiro atoms. The van der Waals surface area contributed by atoms with Crippen LogP contribution in [0.2, 0.25) is 0 Å². The predicted molar refractivity (Wildman–Crippen MR) is 567 cm³/mol. The SMILES string of the molecule is CC#Cc1c(N)c([N+](=O)[O-])c(C)c(C(OC(C)(C)C)C(=O)OC)c1F.COC(=O)C(OC(C)(C)C)c1c(C)c(N)c2[nH]c(C)cc2c1N1CCC(C)(C)CC1.COC(=O)C(OC(C)(C)C)c1c(C)c(NC(=O)CCl)c2[nH]c(C)cc2c1N1CCC(C)(C)CC1.COC(=O)C(OC(C)(C)C)c1c(C)c([N+](=O)[O-])c2[nH]c(C)cc2c1F.COC(=O)C(OC(C)(C)C)c1c(C)c([N+](=O)[O-])c2[nH]c(C)cc2c1N1CCC(C)(C)CC1. The number of carbonyl (C=O) groups is 6. The Bertz CT molecular complexity index is 6470. The molecule has 0 bridgehead atoms. The van der Waals surface area contributed by atoms with Crippen LogP contribution >= 0.6 is 11.6 Å². The second-order valence-corrected chi connectivity index (χ2v) is 45.2. The molecular weight excluding hydrogens is 1900 g/mol. The number of nitrogens with one attached hydrogen (secondary N) is 5. The maximum atomic E-state index is 15.2. The van der Waals surface area contributed by atoms with Crippen molar-refractivity contribution in [3.05, 3.63) is 150 Å². The summed E-state index contributed by atoms with van der Waals surface area (Å²) in [5.74, 6) is -0.427. The van der Waals surface area contributed by atoms with Gasteiger partial charge < -0.3 is 98.8 Å². The van der Waals surface area contributed by atoms with Gasteiger partial charge in [-0.2, -0.15) is 0 Å². The van der Waals surface area contributed by atoms with E-state index in [2.05, 4.69) is 110 Å². The van der Waals surface area contributed by atoms with E-state index in [0.29, 0.717) is 39.1 Å². The summed E-state index contributed by atoms with van der Waals surface area (Å²) in [4.78, 5) is 129. The molecule has 3 fully saturated rings. The third-order valence-electron chi connectivity index (χ3n) is 25.9. The fourth-order valence-corrected chi connectivity index (χ4v) is 18.7. The zero-order valence-electron chi connectivity index (χ0n) is 91.8. The minimum Gasteiger partial charge on any atom is -0.467 e. The number of rotatable bonds is 23. The van der Waals surface area contributed by atoms with Gasteiger partial charge >= 0.3 is 29.8 Å². The van der Waals surface area contributed by atoms with Crippen molar-refractivity contribution in [2.75, 3.05) is 112 Å². The Morgan fingerprint density at radius 1 is 0.404 bits per heavy atom. The van der Waals surface area contributed by atoms with Crippen LogP contribution in [0.15, 0.2) is 24.3 Å². The first-order valence-corrected chi connectivity index (χ1v) is 49.2. The molecule has 5 atom stereocenters. The van der Waals surface area contributed by atoms with Crippen molar-refractivity contribution in [3.63, 3.8) is 0 Å². The number of hydrogen-bond acceptors (Lipinski definition) is 27. The third kappa shape index (κ3) is 28.0. The standard InChI is InChI=1S/C26H38ClN3O4.C24H35N3O5.C24H37N3O3.2C17H21FN2O5/c1-15-13-17-21(28-15)20(29-18(31)14-27)16(2)19(23(24(32)33-8)34-25(3,4)5)22(17)30-11-9-26(6,7)10-12-30;1-14-13-16-18(25-14)19(27(29)30)15(2)17(21(22(28)31-8)32-23(3,4)5)20(16)26-11-9-24(6,7)10-12-26;1-14-13-16-19(26-14)18(25)15(2)17(21(22(28)29-8)30-23(3,4)5)20(16)27-11-9-24(6,7)10-12-27;1-8-7-10-12(18)11(9(2)14(20(22)23)13(10)19-8)15(16(21)24-6)25-17(3,4)5;1-7-8-10-12(18)11(9(2)14(13(10)19)20(22)23)15(16(21)24-6)25-17(3,4)5/h13,23,28H,9-12,14H2,1-8H3,(H,29,31);13,21,25H,9-12H2,1-8H3;13,21,26H,9-12,25H2,1-8H3;7,15,19H,1-6H3;15H,19H2,1-6H3. The van der Waals surface area contributed by atoms with E-state index in [1.807, 2.05) is 103 Å². The molecule has 802 valence electrons. The molecule has 3 aliphatic rings. The van der Waals surface area contributed by atoms with Crippen LogP contribution in [-0.2, 0) is 76.1 Å². The largest absolute Gasteiger partial charge is 0.467 e. The number of nitro benzene ring substituents is 3. The summed E-state index contributed by atoms with van der Waals surface area (Å²) in [6.07, 6.45) is 0.408. The molecule has 5 unspecified atom stereocenters. The van der Waals surface area contributed by atoms with Crippen LogP contribution < -0.4 is 31.5 Å². The first kappa shape index (κ1) is 119. The van der Waals surface area contributed by atoms with Gasteiger partial charge in [0, 0.05) is 128 Å². The summed E-state index contributed by atoms with van der Waals surface area (Å²) < 4.78 is 85.2. The highest BCUT2D eigenvalue weighted by atomic mass is 35.5. The van der Waals surface area contributed by atoms with Crippen molar-refractivity contribution in [2.45, 2.75) is 312 Å². The smallest absolute Gasteiger partial charge is 0.339 e. The zero-order valence-corrected chi connectivity index (χ0v) is 92.6. The van der Waals surface area contributed by atoms with Crippen LogP contribution in [0.4, 0.5) is 60.0 Å². The van der Waals surface area contributed by atoms with Crippen molar-refractivity contribution < 1.29 is 99.7 Å². The molecule has 5 aromatic carbocycles. The Labute approximate surface area is 859 Å². The minimum atomic E-state index is -1.50. The molecule has 0 aliphatic carbocycles. The highest BCUT2D eigenvalue weighted by Gasteiger charge is 2.46. The molecule has 3 saturated heterocycles. The predicted octanol–water partition coefficient (Wildman–Crippen LogP) is 22.9. The number of alkyl halides is 1. The zero-order chi connectivity index (χ0) is 110. The van der Waals surface area contributed by atoms with E-state index in [4.69, 9.17) is 65.7 Å². The number of fused-ring (bicyclic) bond motifs is 4. The number of nitro groups is 3. The maximum Gasteiger partial charge on any atom is 0.339 e. The van der Waals surface area contributed by atoms with Crippen molar-refractivity contribution in [2.24, 2.45) is 16.2 Å². The molecule has 4 aromatic heterocycles. The fourth-order valence-electron chi connectivity index (χ4n) is 18.6. The number of amides is 1. The summed E-state index contributed by atoms with van der Waals surface area (Å²) in [5.41, 5.74) is 21.4. The average molecular weight is 2060 g/mol. The molecule has 0 radical (unpaired) electrons. The normalized spacial score (nSPS) is 15.8. The van der Waals surface area contributed by atoms with Gasteiger partial charge in [-0.3, -0.25) is 35.1 Å². The lowest BCUT2D eigenvalue weighted by Crippen LogP contribution is -2.39. The monoisotopic (exact) mass is 2060 g/mol. The van der Waals surface area contributed by atoms with Crippen LogP contribution in [0.3, 0.4) is 0 Å². The molecule has 12 rings (SSSR count). The number of benzene rings is 5. The Balaban J connectivity index is 0.000000224. The van der Waals surface area contributed by atoms with Gasteiger partial charge in [0.25, 0.3) is 17.1 Å². The molecule has 0 saturated carbocycles. The first-order valence-electron chi connectivity index (χ1n) is 48.7. The number of nitrogen functional groups attached to an aromatic ring is 2. The number of H-pyrrole nitrogens is 4. The molecule has 9 N–H and O–H groups in total. The van der Waals surface area contributed by atoms with E-state index >= 15 is 8.78 Å². The topological polar surface area (TPSA) is 461 Å². The van der Waals surface area contributed by atoms with E-state index < -0.39 is 121 Å². The van der Waals surface area contributed by atoms with Crippen molar-refractivity contribution in [1.82, 2.24) is 19.9 Å². The van der Waals surface area contributed by atoms with Crippen LogP contribution in [0.1, 0.15) is 305 Å². The third-order valence-corrected chi connectivity index (χ3v) is 26.1. The van der Waals surface area contributed by atoms with Crippen LogP contribution in [0.5, 0.6) is 0 Å². The highest BCUT2D eigenvalue weighted by Crippen LogP contribution is 2.53. The molecule has 35 nitrogen and oxygen atoms in total. The minimum absolute atomic E-state index is 0.0245. The van der Waals surface area contributed by atoms with E-state index in [-0.39, 0.29) is 77.6 Å². The van der Waals surface area contributed by atoms with Crippen LogP contribution in [0.25, 0.3) is 43.6 Å². The lowest BCUT2D eigenvalue weighted by atomic mass is 9.82. The summed E-state index contributed by atoms with van der Waals surface area (Å²) in [5, 5.41) is 40.8. The Hall–Kier alpha value is -12.2. The second kappa shape index (κ2) is 46.5. The van der Waals surface area contributed by atoms with E-state index in [0.717, 1.165) is 176 Å². The number of methoxy groups -OCH3 is 5. The number of halogens is 3. The van der Waals surface area contributed by atoms with E-state index in [1.165, 1.54) is 48.2 Å². The number of aromatic amines is 4. The number of carbonyl (C=O) groups excluding carboxylic acids is 6. The van der Waals surface area contributed by atoms with E-state index in [1.54, 1.807) is 55.4 Å². The quantitative estimate of drug-likeness (QED) is 0.00595. The number of aryl methyl sites for hydroxylation is 4. The van der Waals surface area contributed by atoms with Crippen molar-refractivity contribution >= 4 is 142 Å². The van der Waals surface area contributed by atoms with Gasteiger partial charge in [0.2, 0.25) is 5.91 Å². The average Bonchev–Trinajstić information content (AvgIpc) is 1.54. The number of hydrogen-bond donors (Lipinski definition) is 7. The lowest BCUT2D eigenvalue weighted by molar-refractivity contribution is -0.384. The second-order valence-electron chi connectivity index (χ2n) is 44.9. The van der Waals surface area contributed by atoms with Gasteiger partial charge in [-0.05, 0) is 263 Å². The van der Waals surface area contributed by atoms with Gasteiger partial charge in [0.15, 0.2) is 30.5 Å². The molecule has 3 aliphatic heterocycles. The Morgan fingerprint density at radius 2 is 0.658 bits per heavy atom. The summed E-state index contributed by atoms with van der Waals surface area (Å²) >= 11 is 5.82. The molecule has 38 heteroatoms. The lowest BCUT2D eigenvalue weighted by Gasteiger charge is -2.40. The number of ether oxygens (including phenoxy) is 10. The first-order chi connectivity index (χ1) is 67.3. The molecule has 9 aromatic rings. The Kier molecular flexibility index (Phi) is 37.9. The van der Waals surface area contributed by atoms with E-state index in [9.17, 15) is 59.1 Å². The molecule has 146 heavy (non-hydrogen) atoms. The molecular formula is C108H152ClF2N13O22. The number of esters is 5. The maximum absolute atomic E-state index is 15.2.